The van der Waals surface area contributed by atoms with E-state index in [9.17, 15) is 9.90 Å². The second-order valence-electron chi connectivity index (χ2n) is 7.84. The van der Waals surface area contributed by atoms with Gasteiger partial charge in [-0.1, -0.05) is 23.7 Å². The third-order valence-electron chi connectivity index (χ3n) is 5.94. The average Bonchev–Trinajstić information content (AvgIpc) is 3.41. The van der Waals surface area contributed by atoms with Gasteiger partial charge < -0.3 is 19.1 Å². The van der Waals surface area contributed by atoms with Gasteiger partial charge in [0, 0.05) is 34.8 Å². The van der Waals surface area contributed by atoms with Crippen LogP contribution < -0.4 is 9.47 Å². The molecule has 5 rings (SSSR count). The van der Waals surface area contributed by atoms with E-state index in [0.717, 1.165) is 39.1 Å². The molecule has 0 saturated carbocycles. The van der Waals surface area contributed by atoms with E-state index in [1.807, 2.05) is 47.2 Å². The summed E-state index contributed by atoms with van der Waals surface area (Å²) in [5, 5.41) is 17.6. The molecule has 0 fully saturated rings. The topological polar surface area (TPSA) is 89.4 Å². The highest BCUT2D eigenvalue weighted by Crippen LogP contribution is 2.35. The highest BCUT2D eigenvalue weighted by Gasteiger charge is 2.29. The Balaban J connectivity index is 1.52. The molecule has 3 heterocycles. The number of methoxy groups -OCH3 is 1. The van der Waals surface area contributed by atoms with E-state index in [0.29, 0.717) is 30.3 Å². The molecule has 2 N–H and O–H groups in total. The first-order valence-corrected chi connectivity index (χ1v) is 10.7. The monoisotopic (exact) mass is 451 g/mol. The predicted molar refractivity (Wildman–Crippen MR) is 122 cm³/mol. The Bertz CT molecular complexity index is 1310. The van der Waals surface area contributed by atoms with Crippen molar-refractivity contribution >= 4 is 28.3 Å². The van der Waals surface area contributed by atoms with Gasteiger partial charge in [0.1, 0.15) is 16.7 Å². The number of carbonyl (C=O) groups is 1. The lowest BCUT2D eigenvalue weighted by Crippen LogP contribution is -2.28. The van der Waals surface area contributed by atoms with E-state index in [1.165, 1.54) is 0 Å². The Morgan fingerprint density at radius 1 is 1.34 bits per heavy atom. The van der Waals surface area contributed by atoms with Gasteiger partial charge in [-0.3, -0.25) is 9.89 Å². The third kappa shape index (κ3) is 3.53. The number of aromatic nitrogens is 3. The fourth-order valence-electron chi connectivity index (χ4n) is 4.31. The highest BCUT2D eigenvalue weighted by molar-refractivity contribution is 6.32. The Morgan fingerprint density at radius 3 is 2.97 bits per heavy atom. The molecule has 1 aliphatic rings. The number of carbonyl (C=O) groups excluding carboxylic acids is 1. The summed E-state index contributed by atoms with van der Waals surface area (Å²) in [5.41, 5.74) is 4.11. The van der Waals surface area contributed by atoms with Crippen molar-refractivity contribution in [2.45, 2.75) is 13.0 Å². The molecular formula is C24H22ClN3O4. The molecule has 32 heavy (non-hydrogen) atoms. The first-order valence-electron chi connectivity index (χ1n) is 10.4. The normalized spacial score (nSPS) is 15.4. The minimum atomic E-state index is -0.300. The summed E-state index contributed by atoms with van der Waals surface area (Å²) < 4.78 is 13.1. The second-order valence-corrected chi connectivity index (χ2v) is 8.22. The van der Waals surface area contributed by atoms with E-state index >= 15 is 0 Å². The molecule has 0 radical (unpaired) electrons. The number of hydrogen-bond acceptors (Lipinski definition) is 5. The zero-order valence-electron chi connectivity index (χ0n) is 17.5. The lowest BCUT2D eigenvalue weighted by molar-refractivity contribution is 0.0856. The van der Waals surface area contributed by atoms with Crippen LogP contribution in [0.2, 0.25) is 5.15 Å². The van der Waals surface area contributed by atoms with Gasteiger partial charge in [0.15, 0.2) is 5.78 Å². The maximum Gasteiger partial charge on any atom is 0.171 e. The third-order valence-corrected chi connectivity index (χ3v) is 6.23. The maximum absolute atomic E-state index is 13.5. The Kier molecular flexibility index (Phi) is 5.36. The number of benzene rings is 2. The summed E-state index contributed by atoms with van der Waals surface area (Å²) in [7, 11) is 1.62. The minimum absolute atomic E-state index is 0.0225. The number of nitrogens with one attached hydrogen (secondary N) is 1. The van der Waals surface area contributed by atoms with Gasteiger partial charge in [-0.2, -0.15) is 5.10 Å². The van der Waals surface area contributed by atoms with Crippen LogP contribution in [0, 0.1) is 5.92 Å². The van der Waals surface area contributed by atoms with Crippen molar-refractivity contribution in [3.63, 3.8) is 0 Å². The standard InChI is InChI=1S/C24H22ClN3O4/c1-31-17-3-5-22-15(9-17)8-16(13-32-22)23(30)20-12-28(6-7-29)21-10-14(2-4-18(20)21)19-11-26-27-24(19)25/h2-5,9-12,16,29H,6-8,13H2,1H3,(H,26,27). The van der Waals surface area contributed by atoms with Crippen molar-refractivity contribution in [2.24, 2.45) is 5.92 Å². The van der Waals surface area contributed by atoms with Crippen LogP contribution in [-0.2, 0) is 13.0 Å². The van der Waals surface area contributed by atoms with Crippen LogP contribution in [0.4, 0.5) is 0 Å². The van der Waals surface area contributed by atoms with Gasteiger partial charge in [-0.25, -0.2) is 0 Å². The summed E-state index contributed by atoms with van der Waals surface area (Å²) >= 11 is 6.20. The molecule has 2 aromatic carbocycles. The summed E-state index contributed by atoms with van der Waals surface area (Å²) in [5.74, 6) is 1.25. The van der Waals surface area contributed by atoms with Gasteiger partial charge in [-0.05, 0) is 41.8 Å². The lowest BCUT2D eigenvalue weighted by Gasteiger charge is -2.24. The Morgan fingerprint density at radius 2 is 2.22 bits per heavy atom. The number of ether oxygens (including phenoxy) is 2. The van der Waals surface area contributed by atoms with E-state index < -0.39 is 0 Å². The van der Waals surface area contributed by atoms with Gasteiger partial charge in [0.25, 0.3) is 0 Å². The van der Waals surface area contributed by atoms with E-state index in [4.69, 9.17) is 21.1 Å². The first-order chi connectivity index (χ1) is 15.6. The maximum atomic E-state index is 13.5. The smallest absolute Gasteiger partial charge is 0.171 e. The molecule has 1 aliphatic heterocycles. The first kappa shape index (κ1) is 20.6. The van der Waals surface area contributed by atoms with Crippen molar-refractivity contribution in [1.82, 2.24) is 14.8 Å². The van der Waals surface area contributed by atoms with Gasteiger partial charge >= 0.3 is 0 Å². The number of Topliss-reactive ketones (excluding diaryl/α,β-unsaturated/α-hetero) is 1. The summed E-state index contributed by atoms with van der Waals surface area (Å²) in [6, 6.07) is 11.5. The number of aliphatic hydroxyl groups is 1. The van der Waals surface area contributed by atoms with Crippen molar-refractivity contribution in [1.29, 1.82) is 0 Å². The van der Waals surface area contributed by atoms with Gasteiger partial charge in [0.2, 0.25) is 0 Å². The zero-order chi connectivity index (χ0) is 22.2. The van der Waals surface area contributed by atoms with Crippen molar-refractivity contribution in [3.8, 4) is 22.6 Å². The molecule has 0 bridgehead atoms. The van der Waals surface area contributed by atoms with E-state index in [2.05, 4.69) is 10.2 Å². The molecule has 1 atom stereocenters. The number of halogens is 1. The zero-order valence-corrected chi connectivity index (χ0v) is 18.2. The average molecular weight is 452 g/mol. The quantitative estimate of drug-likeness (QED) is 0.430. The van der Waals surface area contributed by atoms with Crippen LogP contribution in [0.1, 0.15) is 15.9 Å². The summed E-state index contributed by atoms with van der Waals surface area (Å²) in [6.07, 6.45) is 4.08. The molecule has 0 aliphatic carbocycles. The van der Waals surface area contributed by atoms with Crippen LogP contribution in [0.25, 0.3) is 22.0 Å². The number of ketones is 1. The number of rotatable bonds is 6. The summed E-state index contributed by atoms with van der Waals surface area (Å²) in [6.45, 7) is 0.676. The number of H-pyrrole nitrogens is 1. The molecule has 164 valence electrons. The Hall–Kier alpha value is -3.29. The lowest BCUT2D eigenvalue weighted by atomic mass is 9.89. The number of hydrogen-bond donors (Lipinski definition) is 2. The molecule has 0 spiro atoms. The molecule has 1 unspecified atom stereocenters. The molecule has 0 amide bonds. The number of nitrogens with zero attached hydrogens (tertiary/aromatic N) is 2. The molecular weight excluding hydrogens is 430 g/mol. The largest absolute Gasteiger partial charge is 0.497 e. The molecule has 0 saturated heterocycles. The molecule has 7 nitrogen and oxygen atoms in total. The second kappa shape index (κ2) is 8.33. The molecule has 8 heteroatoms. The number of aromatic amines is 1. The van der Waals surface area contributed by atoms with E-state index in [-0.39, 0.29) is 18.3 Å². The van der Waals surface area contributed by atoms with Crippen LogP contribution >= 0.6 is 11.6 Å². The predicted octanol–water partition coefficient (Wildman–Crippen LogP) is 4.12. The fourth-order valence-corrected chi connectivity index (χ4v) is 4.51. The van der Waals surface area contributed by atoms with Crippen LogP contribution in [0.3, 0.4) is 0 Å². The fraction of sp³-hybridized carbons (Fsp3) is 0.250. The van der Waals surface area contributed by atoms with Crippen LogP contribution in [-0.4, -0.2) is 46.0 Å². The summed E-state index contributed by atoms with van der Waals surface area (Å²) in [4.78, 5) is 13.5. The Labute approximate surface area is 189 Å². The van der Waals surface area contributed by atoms with Crippen LogP contribution in [0.5, 0.6) is 11.5 Å². The number of fused-ring (bicyclic) bond motifs is 2. The van der Waals surface area contributed by atoms with Crippen molar-refractivity contribution in [2.75, 3.05) is 20.3 Å². The molecule has 4 aromatic rings. The molecule has 2 aromatic heterocycles. The van der Waals surface area contributed by atoms with Crippen molar-refractivity contribution in [3.05, 3.63) is 65.1 Å². The minimum Gasteiger partial charge on any atom is -0.497 e. The van der Waals surface area contributed by atoms with E-state index in [1.54, 1.807) is 13.3 Å². The van der Waals surface area contributed by atoms with Gasteiger partial charge in [-0.15, -0.1) is 0 Å². The SMILES string of the molecule is COc1ccc2c(c1)CC(C(=O)c1cn(CCO)c3cc(-c4cn[nH]c4Cl)ccc13)CO2. The number of aliphatic hydroxyl groups excluding tert-OH is 1. The highest BCUT2D eigenvalue weighted by atomic mass is 35.5. The van der Waals surface area contributed by atoms with Gasteiger partial charge in [0.05, 0.1) is 32.4 Å². The van der Waals surface area contributed by atoms with Crippen molar-refractivity contribution < 1.29 is 19.4 Å². The van der Waals surface area contributed by atoms with Crippen LogP contribution in [0.15, 0.2) is 48.8 Å².